The van der Waals surface area contributed by atoms with E-state index in [0.717, 1.165) is 83.2 Å². The maximum absolute atomic E-state index is 6.62. The van der Waals surface area contributed by atoms with E-state index in [1.165, 1.54) is 38.5 Å². The Bertz CT molecular complexity index is 3910. The summed E-state index contributed by atoms with van der Waals surface area (Å²) in [5.74, 6) is 0. The fourth-order valence-corrected chi connectivity index (χ4v) is 9.55. The van der Waals surface area contributed by atoms with E-state index in [-0.39, 0.29) is 0 Å². The van der Waals surface area contributed by atoms with Crippen molar-refractivity contribution in [3.05, 3.63) is 213 Å². The zero-order chi connectivity index (χ0) is 41.4. The molecule has 0 N–H and O–H groups in total. The second kappa shape index (κ2) is 14.0. The largest absolute Gasteiger partial charge is 0.456 e. The summed E-state index contributed by atoms with van der Waals surface area (Å²) in [5, 5.41) is 5.42. The van der Waals surface area contributed by atoms with Gasteiger partial charge in [-0.05, 0) is 117 Å². The zero-order valence-corrected chi connectivity index (χ0v) is 33.9. The first-order valence-corrected chi connectivity index (χ1v) is 21.2. The fourth-order valence-electron chi connectivity index (χ4n) is 9.55. The molecular weight excluding hydrogens is 771 g/mol. The van der Waals surface area contributed by atoms with Gasteiger partial charge in [0.2, 0.25) is 0 Å². The van der Waals surface area contributed by atoms with Gasteiger partial charge >= 0.3 is 0 Å². The van der Waals surface area contributed by atoms with Crippen molar-refractivity contribution in [1.29, 1.82) is 0 Å². The van der Waals surface area contributed by atoms with Gasteiger partial charge in [-0.1, -0.05) is 133 Å². The van der Waals surface area contributed by atoms with Gasteiger partial charge in [-0.25, -0.2) is 9.97 Å². The molecule has 13 rings (SSSR count). The lowest BCUT2D eigenvalue weighted by Crippen LogP contribution is -1.92. The van der Waals surface area contributed by atoms with Crippen molar-refractivity contribution in [1.82, 2.24) is 14.5 Å². The van der Waals surface area contributed by atoms with Crippen LogP contribution in [0.15, 0.2) is 221 Å². The van der Waals surface area contributed by atoms with Crippen LogP contribution in [0, 0.1) is 0 Å². The van der Waals surface area contributed by atoms with Gasteiger partial charge in [0.15, 0.2) is 5.58 Å². The third-order valence-corrected chi connectivity index (χ3v) is 12.5. The molecule has 63 heavy (non-hydrogen) atoms. The lowest BCUT2D eigenvalue weighted by molar-refractivity contribution is 0.667. The summed E-state index contributed by atoms with van der Waals surface area (Å²) >= 11 is 0. The number of furan rings is 2. The van der Waals surface area contributed by atoms with Crippen LogP contribution >= 0.6 is 0 Å². The smallest absolute Gasteiger partial charge is 0.180 e. The highest BCUT2D eigenvalue weighted by Crippen LogP contribution is 2.43. The topological polar surface area (TPSA) is 57.0 Å². The lowest BCUT2D eigenvalue weighted by Gasteiger charge is -2.09. The van der Waals surface area contributed by atoms with Gasteiger partial charge in [0.25, 0.3) is 0 Å². The standard InChI is InChI=1S/C58H35N3O2/c1-3-12-36(13-4-1)37-14-9-15-38(30-37)43-26-29-53-49(34-43)57-58(63-53)56(59-35-60-57)46-21-11-23-54-55(46)48-33-42(25-28-52(48)62-54)40-17-10-16-39(31-40)41-24-27-51-47(32-41)45-20-7-8-22-50(45)61(51)44-18-5-2-6-19-44/h1-35H. The number of benzene rings is 9. The monoisotopic (exact) mass is 805 g/mol. The van der Waals surface area contributed by atoms with Crippen molar-refractivity contribution in [2.24, 2.45) is 0 Å². The van der Waals surface area contributed by atoms with E-state index in [4.69, 9.17) is 18.8 Å². The predicted molar refractivity (Wildman–Crippen MR) is 258 cm³/mol. The first-order chi connectivity index (χ1) is 31.2. The number of aromatic nitrogens is 3. The number of hydrogen-bond donors (Lipinski definition) is 0. The minimum atomic E-state index is 0.650. The Hall–Kier alpha value is -8.54. The summed E-state index contributed by atoms with van der Waals surface area (Å²) in [6, 6.07) is 73.0. The molecule has 0 saturated carbocycles. The van der Waals surface area contributed by atoms with Gasteiger partial charge < -0.3 is 13.4 Å². The first-order valence-electron chi connectivity index (χ1n) is 21.2. The molecule has 294 valence electrons. The Balaban J connectivity index is 0.899. The predicted octanol–water partition coefficient (Wildman–Crippen LogP) is 15.7. The minimum Gasteiger partial charge on any atom is -0.456 e. The van der Waals surface area contributed by atoms with Crippen molar-refractivity contribution in [3.63, 3.8) is 0 Å². The third-order valence-electron chi connectivity index (χ3n) is 12.5. The van der Waals surface area contributed by atoms with Gasteiger partial charge in [-0.15, -0.1) is 0 Å². The SMILES string of the molecule is c1ccc(-c2cccc(-c3ccc4oc5c(-c6cccc7oc8ccc(-c9cccc(-c%10ccc%11c(c%10)c%10ccccc%10n%11-c%10ccccc%10)c9)cc8c67)ncnc5c4c3)c2)cc1. The summed E-state index contributed by atoms with van der Waals surface area (Å²) in [6.07, 6.45) is 1.64. The molecule has 5 heteroatoms. The van der Waals surface area contributed by atoms with E-state index >= 15 is 0 Å². The molecule has 0 aliphatic rings. The summed E-state index contributed by atoms with van der Waals surface area (Å²) in [4.78, 5) is 9.66. The molecule has 0 fully saturated rings. The maximum atomic E-state index is 6.62. The zero-order valence-electron chi connectivity index (χ0n) is 33.9. The molecule has 9 aromatic carbocycles. The van der Waals surface area contributed by atoms with Crippen LogP contribution in [0.4, 0.5) is 0 Å². The molecule has 4 heterocycles. The molecule has 0 aliphatic carbocycles. The van der Waals surface area contributed by atoms with Gasteiger partial charge in [0.1, 0.15) is 34.3 Å². The molecule has 0 atom stereocenters. The van der Waals surface area contributed by atoms with Crippen LogP contribution in [-0.2, 0) is 0 Å². The molecule has 5 nitrogen and oxygen atoms in total. The number of rotatable bonds is 6. The third kappa shape index (κ3) is 5.71. The maximum Gasteiger partial charge on any atom is 0.180 e. The molecule has 4 aromatic heterocycles. The molecule has 13 aromatic rings. The van der Waals surface area contributed by atoms with E-state index in [1.807, 2.05) is 24.3 Å². The second-order valence-corrected chi connectivity index (χ2v) is 16.2. The summed E-state index contributed by atoms with van der Waals surface area (Å²) in [7, 11) is 0. The Morgan fingerprint density at radius 3 is 1.65 bits per heavy atom. The van der Waals surface area contributed by atoms with E-state index in [0.29, 0.717) is 5.58 Å². The Morgan fingerprint density at radius 1 is 0.349 bits per heavy atom. The number of para-hydroxylation sites is 2. The van der Waals surface area contributed by atoms with Crippen LogP contribution in [0.5, 0.6) is 0 Å². The molecule has 0 amide bonds. The van der Waals surface area contributed by atoms with Gasteiger partial charge in [0, 0.05) is 38.2 Å². The normalized spacial score (nSPS) is 11.8. The Morgan fingerprint density at radius 2 is 0.905 bits per heavy atom. The molecule has 0 radical (unpaired) electrons. The van der Waals surface area contributed by atoms with E-state index in [2.05, 4.69) is 187 Å². The van der Waals surface area contributed by atoms with E-state index in [1.54, 1.807) is 6.33 Å². The van der Waals surface area contributed by atoms with Gasteiger partial charge in [-0.2, -0.15) is 0 Å². The number of nitrogens with zero attached hydrogens (tertiary/aromatic N) is 3. The highest BCUT2D eigenvalue weighted by molar-refractivity contribution is 6.17. The summed E-state index contributed by atoms with van der Waals surface area (Å²) in [5.41, 5.74) is 18.1. The van der Waals surface area contributed by atoms with Gasteiger partial charge in [0.05, 0.1) is 11.0 Å². The summed E-state index contributed by atoms with van der Waals surface area (Å²) in [6.45, 7) is 0. The molecular formula is C58H35N3O2. The van der Waals surface area contributed by atoms with Crippen LogP contribution in [-0.4, -0.2) is 14.5 Å². The van der Waals surface area contributed by atoms with E-state index in [9.17, 15) is 0 Å². The lowest BCUT2D eigenvalue weighted by atomic mass is 9.96. The van der Waals surface area contributed by atoms with Crippen LogP contribution in [0.25, 0.3) is 127 Å². The van der Waals surface area contributed by atoms with Crippen LogP contribution < -0.4 is 0 Å². The first kappa shape index (κ1) is 35.2. The highest BCUT2D eigenvalue weighted by Gasteiger charge is 2.21. The molecule has 0 aliphatic heterocycles. The minimum absolute atomic E-state index is 0.650. The van der Waals surface area contributed by atoms with Gasteiger partial charge in [-0.3, -0.25) is 0 Å². The quantitative estimate of drug-likeness (QED) is 0.168. The van der Waals surface area contributed by atoms with E-state index < -0.39 is 0 Å². The van der Waals surface area contributed by atoms with Crippen molar-refractivity contribution >= 4 is 65.8 Å². The second-order valence-electron chi connectivity index (χ2n) is 16.2. The molecule has 0 saturated heterocycles. The average Bonchev–Trinajstić information content (AvgIpc) is 4.03. The van der Waals surface area contributed by atoms with Crippen molar-refractivity contribution < 1.29 is 8.83 Å². The van der Waals surface area contributed by atoms with Crippen molar-refractivity contribution in [2.45, 2.75) is 0 Å². The summed E-state index contributed by atoms with van der Waals surface area (Å²) < 4.78 is 15.5. The Labute approximate surface area is 361 Å². The van der Waals surface area contributed by atoms with Crippen LogP contribution in [0.2, 0.25) is 0 Å². The fraction of sp³-hybridized carbons (Fsp3) is 0. The average molecular weight is 806 g/mol. The van der Waals surface area contributed by atoms with Crippen LogP contribution in [0.3, 0.4) is 0 Å². The number of fused-ring (bicyclic) bond motifs is 9. The molecule has 0 bridgehead atoms. The van der Waals surface area contributed by atoms with Crippen molar-refractivity contribution in [3.8, 4) is 61.5 Å². The van der Waals surface area contributed by atoms with Crippen molar-refractivity contribution in [2.75, 3.05) is 0 Å². The molecule has 0 spiro atoms. The highest BCUT2D eigenvalue weighted by atomic mass is 16.3. The number of hydrogen-bond acceptors (Lipinski definition) is 4. The Kier molecular flexibility index (Phi) is 7.84. The van der Waals surface area contributed by atoms with Crippen LogP contribution in [0.1, 0.15) is 0 Å². The molecule has 0 unspecified atom stereocenters.